The van der Waals surface area contributed by atoms with E-state index in [2.05, 4.69) is 5.32 Å². The molecule has 0 fully saturated rings. The number of amides is 1. The molecule has 0 unspecified atom stereocenters. The number of hydrogen-bond donors (Lipinski definition) is 1. The first-order valence-corrected chi connectivity index (χ1v) is 7.25. The second-order valence-corrected chi connectivity index (χ2v) is 4.74. The van der Waals surface area contributed by atoms with Crippen LogP contribution in [0.25, 0.3) is 11.0 Å². The van der Waals surface area contributed by atoms with E-state index in [9.17, 15) is 9.59 Å². The van der Waals surface area contributed by atoms with Crippen LogP contribution in [0, 0.1) is 0 Å². The molecule has 1 aromatic carbocycles. The predicted molar refractivity (Wildman–Crippen MR) is 80.8 cm³/mol. The number of furan rings is 1. The van der Waals surface area contributed by atoms with Crippen molar-refractivity contribution in [1.29, 1.82) is 0 Å². The molecule has 1 amide bonds. The number of benzene rings is 1. The van der Waals surface area contributed by atoms with Crippen LogP contribution in [0.3, 0.4) is 0 Å². The first-order chi connectivity index (χ1) is 10.2. The lowest BCUT2D eigenvalue weighted by atomic mass is 10.2. The van der Waals surface area contributed by atoms with Crippen LogP contribution in [-0.4, -0.2) is 24.4 Å². The van der Waals surface area contributed by atoms with Gasteiger partial charge < -0.3 is 14.5 Å². The van der Waals surface area contributed by atoms with E-state index in [1.165, 1.54) is 0 Å². The highest BCUT2D eigenvalue weighted by Crippen LogP contribution is 2.31. The van der Waals surface area contributed by atoms with Crippen molar-refractivity contribution >= 4 is 40.1 Å². The molecule has 0 radical (unpaired) electrons. The van der Waals surface area contributed by atoms with E-state index in [4.69, 9.17) is 20.8 Å². The zero-order valence-electron chi connectivity index (χ0n) is 11.6. The van der Waals surface area contributed by atoms with E-state index < -0.39 is 5.97 Å². The molecule has 2 rings (SSSR count). The van der Waals surface area contributed by atoms with Crippen LogP contribution in [-0.2, 0) is 9.53 Å². The van der Waals surface area contributed by atoms with Crippen molar-refractivity contribution in [2.24, 2.45) is 0 Å². The summed E-state index contributed by atoms with van der Waals surface area (Å²) >= 11 is 5.57. The molecule has 1 N–H and O–H groups in total. The SMILES string of the molecule is CCOC(=O)c1oc2ccccc2c1NC(=O)CCCCl. The number of hydrogen-bond acceptors (Lipinski definition) is 4. The Balaban J connectivity index is 2.36. The number of para-hydroxylation sites is 1. The van der Waals surface area contributed by atoms with Gasteiger partial charge in [0.1, 0.15) is 11.3 Å². The standard InChI is InChI=1S/C15H16ClNO4/c1-2-20-15(19)14-13(17-12(18)8-5-9-16)10-6-3-4-7-11(10)21-14/h3-4,6-7H,2,5,8-9H2,1H3,(H,17,18). The summed E-state index contributed by atoms with van der Waals surface area (Å²) in [7, 11) is 0. The maximum Gasteiger partial charge on any atom is 0.376 e. The van der Waals surface area contributed by atoms with Crippen LogP contribution >= 0.6 is 11.6 Å². The molecule has 5 nitrogen and oxygen atoms in total. The molecular formula is C15H16ClNO4. The third-order valence-corrected chi connectivity index (χ3v) is 3.13. The topological polar surface area (TPSA) is 68.5 Å². The highest BCUT2D eigenvalue weighted by molar-refractivity contribution is 6.18. The number of rotatable bonds is 6. The van der Waals surface area contributed by atoms with Gasteiger partial charge in [0.05, 0.1) is 6.61 Å². The summed E-state index contributed by atoms with van der Waals surface area (Å²) in [4.78, 5) is 23.8. The first-order valence-electron chi connectivity index (χ1n) is 6.71. The summed E-state index contributed by atoms with van der Waals surface area (Å²) in [5, 5.41) is 3.38. The third-order valence-electron chi connectivity index (χ3n) is 2.86. The molecule has 0 aliphatic carbocycles. The minimum Gasteiger partial charge on any atom is -0.460 e. The Hall–Kier alpha value is -2.01. The number of halogens is 1. The highest BCUT2D eigenvalue weighted by Gasteiger charge is 2.22. The monoisotopic (exact) mass is 309 g/mol. The molecule has 0 saturated heterocycles. The number of carbonyl (C=O) groups excluding carboxylic acids is 2. The zero-order valence-corrected chi connectivity index (χ0v) is 12.4. The molecule has 1 aromatic heterocycles. The Labute approximate surface area is 127 Å². The molecule has 0 aliphatic rings. The molecule has 112 valence electrons. The van der Waals surface area contributed by atoms with E-state index in [1.54, 1.807) is 31.2 Å². The van der Waals surface area contributed by atoms with Gasteiger partial charge >= 0.3 is 5.97 Å². The molecule has 21 heavy (non-hydrogen) atoms. The zero-order chi connectivity index (χ0) is 15.2. The normalized spacial score (nSPS) is 10.6. The lowest BCUT2D eigenvalue weighted by Crippen LogP contribution is -2.14. The number of nitrogens with one attached hydrogen (secondary N) is 1. The van der Waals surface area contributed by atoms with E-state index in [-0.39, 0.29) is 24.7 Å². The van der Waals surface area contributed by atoms with Gasteiger partial charge in [-0.25, -0.2) is 4.79 Å². The highest BCUT2D eigenvalue weighted by atomic mass is 35.5. The van der Waals surface area contributed by atoms with E-state index in [0.717, 1.165) is 0 Å². The third kappa shape index (κ3) is 3.55. The number of carbonyl (C=O) groups is 2. The number of alkyl halides is 1. The quantitative estimate of drug-likeness (QED) is 0.654. The number of anilines is 1. The van der Waals surface area contributed by atoms with Crippen LogP contribution in [0.15, 0.2) is 28.7 Å². The second kappa shape index (κ2) is 7.13. The largest absolute Gasteiger partial charge is 0.460 e. The van der Waals surface area contributed by atoms with Gasteiger partial charge in [0.25, 0.3) is 0 Å². The van der Waals surface area contributed by atoms with Crippen LogP contribution in [0.4, 0.5) is 5.69 Å². The van der Waals surface area contributed by atoms with Gasteiger partial charge in [-0.2, -0.15) is 0 Å². The van der Waals surface area contributed by atoms with E-state index in [0.29, 0.717) is 29.0 Å². The number of esters is 1. The van der Waals surface area contributed by atoms with Crippen molar-refractivity contribution < 1.29 is 18.7 Å². The van der Waals surface area contributed by atoms with Crippen molar-refractivity contribution in [3.05, 3.63) is 30.0 Å². The molecule has 0 spiro atoms. The van der Waals surface area contributed by atoms with Crippen LogP contribution in [0.5, 0.6) is 0 Å². The summed E-state index contributed by atoms with van der Waals surface area (Å²) in [5.74, 6) is -0.393. The Kier molecular flexibility index (Phi) is 5.22. The molecule has 2 aromatic rings. The van der Waals surface area contributed by atoms with E-state index >= 15 is 0 Å². The maximum absolute atomic E-state index is 11.9. The Morgan fingerprint density at radius 3 is 2.81 bits per heavy atom. The van der Waals surface area contributed by atoms with Crippen molar-refractivity contribution in [3.63, 3.8) is 0 Å². The lowest BCUT2D eigenvalue weighted by Gasteiger charge is -2.05. The van der Waals surface area contributed by atoms with Crippen molar-refractivity contribution in [2.75, 3.05) is 17.8 Å². The fourth-order valence-electron chi connectivity index (χ4n) is 1.94. The van der Waals surface area contributed by atoms with Gasteiger partial charge in [-0.05, 0) is 25.5 Å². The second-order valence-electron chi connectivity index (χ2n) is 4.36. The Bertz CT molecular complexity index is 650. The summed E-state index contributed by atoms with van der Waals surface area (Å²) in [6.07, 6.45) is 0.850. The van der Waals surface area contributed by atoms with Crippen molar-refractivity contribution in [3.8, 4) is 0 Å². The van der Waals surface area contributed by atoms with Crippen LogP contribution in [0.1, 0.15) is 30.3 Å². The lowest BCUT2D eigenvalue weighted by molar-refractivity contribution is -0.116. The van der Waals surface area contributed by atoms with Crippen LogP contribution < -0.4 is 5.32 Å². The Morgan fingerprint density at radius 1 is 1.33 bits per heavy atom. The van der Waals surface area contributed by atoms with Crippen molar-refractivity contribution in [2.45, 2.75) is 19.8 Å². The summed E-state index contributed by atoms with van der Waals surface area (Å²) in [6.45, 7) is 1.94. The fraction of sp³-hybridized carbons (Fsp3) is 0.333. The molecule has 1 heterocycles. The molecule has 0 bridgehead atoms. The van der Waals surface area contributed by atoms with E-state index in [1.807, 2.05) is 0 Å². The maximum atomic E-state index is 11.9. The van der Waals surface area contributed by atoms with Gasteiger partial charge in [-0.1, -0.05) is 12.1 Å². The van der Waals surface area contributed by atoms with Gasteiger partial charge in [0.15, 0.2) is 0 Å². The molecular weight excluding hydrogens is 294 g/mol. The summed E-state index contributed by atoms with van der Waals surface area (Å²) < 4.78 is 10.5. The number of fused-ring (bicyclic) bond motifs is 1. The van der Waals surface area contributed by atoms with Gasteiger partial charge in [0, 0.05) is 17.7 Å². The molecule has 0 aliphatic heterocycles. The number of ether oxygens (including phenoxy) is 1. The van der Waals surface area contributed by atoms with Crippen LogP contribution in [0.2, 0.25) is 0 Å². The van der Waals surface area contributed by atoms with Gasteiger partial charge in [-0.15, -0.1) is 11.6 Å². The molecule has 0 atom stereocenters. The minimum atomic E-state index is -0.596. The average molecular weight is 310 g/mol. The summed E-state index contributed by atoms with van der Waals surface area (Å²) in [5.41, 5.74) is 0.872. The molecule has 6 heteroatoms. The molecule has 0 saturated carbocycles. The summed E-state index contributed by atoms with van der Waals surface area (Å²) in [6, 6.07) is 7.10. The minimum absolute atomic E-state index is 0.0114. The smallest absolute Gasteiger partial charge is 0.376 e. The van der Waals surface area contributed by atoms with Gasteiger partial charge in [0.2, 0.25) is 11.7 Å². The van der Waals surface area contributed by atoms with Crippen molar-refractivity contribution in [1.82, 2.24) is 0 Å². The van der Waals surface area contributed by atoms with Gasteiger partial charge in [-0.3, -0.25) is 4.79 Å². The first kappa shape index (κ1) is 15.4. The predicted octanol–water partition coefficient (Wildman–Crippen LogP) is 3.57. The average Bonchev–Trinajstić information content (AvgIpc) is 2.84. The Morgan fingerprint density at radius 2 is 2.10 bits per heavy atom. The fourth-order valence-corrected chi connectivity index (χ4v) is 2.07.